The molecule has 1 nitrogen and oxygen atoms in total. The van der Waals surface area contributed by atoms with E-state index in [1.165, 1.54) is 64.2 Å². The topological polar surface area (TPSA) is 9.23 Å². The van der Waals surface area contributed by atoms with Gasteiger partial charge in [0, 0.05) is 0 Å². The van der Waals surface area contributed by atoms with Crippen LogP contribution in [0.15, 0.2) is 12.3 Å². The van der Waals surface area contributed by atoms with Crippen LogP contribution in [0, 0.1) is 0 Å². The summed E-state index contributed by atoms with van der Waals surface area (Å²) in [5.41, 5.74) is 0. The number of hydrogen-bond acceptors (Lipinski definition) is 1. The summed E-state index contributed by atoms with van der Waals surface area (Å²) in [6, 6.07) is 0. The highest BCUT2D eigenvalue weighted by Crippen LogP contribution is 2.42. The maximum Gasteiger partial charge on any atom is 0.363 e. The first-order chi connectivity index (χ1) is 8.27. The summed E-state index contributed by atoms with van der Waals surface area (Å²) in [5, 5.41) is 0. The Bertz CT molecular complexity index is 221. The summed E-state index contributed by atoms with van der Waals surface area (Å²) in [6.07, 6.45) is 14.0. The van der Waals surface area contributed by atoms with Crippen molar-refractivity contribution in [1.29, 1.82) is 0 Å². The van der Waals surface area contributed by atoms with Gasteiger partial charge in [0.2, 0.25) is 0 Å². The van der Waals surface area contributed by atoms with Gasteiger partial charge in [-0.3, -0.25) is 0 Å². The van der Waals surface area contributed by atoms with E-state index in [-0.39, 0.29) is 0 Å². The third kappa shape index (κ3) is 3.79. The minimum absolute atomic E-state index is 0.480. The molecule has 2 aliphatic carbocycles. The van der Waals surface area contributed by atoms with Crippen LogP contribution >= 0.6 is 0 Å². The van der Waals surface area contributed by atoms with Crippen molar-refractivity contribution in [2.75, 3.05) is 0 Å². The predicted octanol–water partition coefficient (Wildman–Crippen LogP) is 5.20. The van der Waals surface area contributed by atoms with Crippen LogP contribution in [-0.4, -0.2) is 6.92 Å². The summed E-state index contributed by atoms with van der Waals surface area (Å²) >= 11 is 0. The van der Waals surface area contributed by atoms with E-state index in [9.17, 15) is 0 Å². The second-order valence-electron chi connectivity index (χ2n) is 6.08. The zero-order chi connectivity index (χ0) is 12.1. The van der Waals surface area contributed by atoms with E-state index in [0.29, 0.717) is 6.92 Å². The van der Waals surface area contributed by atoms with Gasteiger partial charge >= 0.3 is 6.92 Å². The first-order valence-electron chi connectivity index (χ1n) is 7.59. The Hall–Kier alpha value is -0.395. The zero-order valence-corrected chi connectivity index (χ0v) is 11.4. The van der Waals surface area contributed by atoms with Gasteiger partial charge in [0.15, 0.2) is 0 Å². The Morgan fingerprint density at radius 2 is 1.29 bits per heavy atom. The third-order valence-electron chi connectivity index (χ3n) is 4.57. The van der Waals surface area contributed by atoms with Crippen LogP contribution in [0.5, 0.6) is 0 Å². The highest BCUT2D eigenvalue weighted by atomic mass is 16.4. The van der Waals surface area contributed by atoms with Gasteiger partial charge in [-0.15, -0.1) is 0 Å². The molecular formula is C15H27BO. The molecule has 17 heavy (non-hydrogen) atoms. The van der Waals surface area contributed by atoms with Crippen LogP contribution in [0.4, 0.5) is 0 Å². The molecule has 2 fully saturated rings. The summed E-state index contributed by atoms with van der Waals surface area (Å²) < 4.78 is 6.13. The molecule has 0 heterocycles. The molecule has 2 heteroatoms. The molecule has 0 aromatic heterocycles. The molecule has 0 aliphatic heterocycles. The molecule has 0 saturated heterocycles. The lowest BCUT2D eigenvalue weighted by molar-refractivity contribution is 0.356. The van der Waals surface area contributed by atoms with Crippen molar-refractivity contribution in [3.63, 3.8) is 0 Å². The quantitative estimate of drug-likeness (QED) is 0.480. The van der Waals surface area contributed by atoms with E-state index in [0.717, 1.165) is 17.4 Å². The Kier molecular flexibility index (Phi) is 5.00. The lowest BCUT2D eigenvalue weighted by Gasteiger charge is -2.34. The minimum atomic E-state index is 0.480. The van der Waals surface area contributed by atoms with Gasteiger partial charge in [-0.2, -0.15) is 0 Å². The van der Waals surface area contributed by atoms with Crippen LogP contribution in [0.25, 0.3) is 0 Å². The molecule has 96 valence electrons. The maximum atomic E-state index is 6.13. The fourth-order valence-electron chi connectivity index (χ4n) is 3.74. The number of rotatable bonds is 4. The lowest BCUT2D eigenvalue weighted by Crippen LogP contribution is -2.32. The first kappa shape index (κ1) is 13.0. The lowest BCUT2D eigenvalue weighted by atomic mass is 9.42. The Morgan fingerprint density at radius 1 is 0.882 bits per heavy atom. The van der Waals surface area contributed by atoms with E-state index in [1.54, 1.807) is 0 Å². The highest BCUT2D eigenvalue weighted by Gasteiger charge is 2.37. The predicted molar refractivity (Wildman–Crippen MR) is 75.3 cm³/mol. The molecule has 2 saturated carbocycles. The third-order valence-corrected chi connectivity index (χ3v) is 4.57. The molecular weight excluding hydrogens is 207 g/mol. The molecule has 0 aromatic carbocycles. The Labute approximate surface area is 107 Å². The fraction of sp³-hybridized carbons (Fsp3) is 0.867. The zero-order valence-electron chi connectivity index (χ0n) is 11.4. The van der Waals surface area contributed by atoms with Crippen LogP contribution < -0.4 is 0 Å². The minimum Gasteiger partial charge on any atom is -0.564 e. The molecule has 0 N–H and O–H groups in total. The van der Waals surface area contributed by atoms with Gasteiger partial charge < -0.3 is 4.65 Å². The van der Waals surface area contributed by atoms with Crippen molar-refractivity contribution in [3.05, 3.63) is 12.3 Å². The molecule has 0 spiro atoms. The molecule has 0 radical (unpaired) electrons. The van der Waals surface area contributed by atoms with E-state index >= 15 is 0 Å². The summed E-state index contributed by atoms with van der Waals surface area (Å²) in [4.78, 5) is 0. The Balaban J connectivity index is 1.97. The first-order valence-corrected chi connectivity index (χ1v) is 7.59. The van der Waals surface area contributed by atoms with Crippen molar-refractivity contribution in [2.45, 2.75) is 82.8 Å². The SMILES string of the molecule is C=C(C)OB(C1CCCCC1)C1CCCCC1. The van der Waals surface area contributed by atoms with E-state index < -0.39 is 0 Å². The van der Waals surface area contributed by atoms with E-state index in [4.69, 9.17) is 4.65 Å². The van der Waals surface area contributed by atoms with Crippen LogP contribution in [0.3, 0.4) is 0 Å². The molecule has 2 aliphatic rings. The molecule has 0 amide bonds. The molecule has 0 aromatic rings. The average molecular weight is 234 g/mol. The van der Waals surface area contributed by atoms with Gasteiger partial charge in [-0.1, -0.05) is 70.8 Å². The van der Waals surface area contributed by atoms with Crippen molar-refractivity contribution < 1.29 is 4.65 Å². The largest absolute Gasteiger partial charge is 0.564 e. The molecule has 0 bridgehead atoms. The van der Waals surface area contributed by atoms with Crippen molar-refractivity contribution in [2.24, 2.45) is 0 Å². The molecule has 0 atom stereocenters. The fourth-order valence-corrected chi connectivity index (χ4v) is 3.74. The monoisotopic (exact) mass is 234 g/mol. The second-order valence-corrected chi connectivity index (χ2v) is 6.08. The van der Waals surface area contributed by atoms with Gasteiger partial charge in [0.25, 0.3) is 0 Å². The van der Waals surface area contributed by atoms with Gasteiger partial charge in [0.1, 0.15) is 0 Å². The van der Waals surface area contributed by atoms with Crippen LogP contribution in [0.1, 0.15) is 71.1 Å². The van der Waals surface area contributed by atoms with Gasteiger partial charge in [0.05, 0.1) is 5.76 Å². The van der Waals surface area contributed by atoms with Crippen molar-refractivity contribution in [3.8, 4) is 0 Å². The summed E-state index contributed by atoms with van der Waals surface area (Å²) in [6.45, 7) is 6.45. The van der Waals surface area contributed by atoms with Crippen LogP contribution in [-0.2, 0) is 4.65 Å². The average Bonchev–Trinajstić information content (AvgIpc) is 2.38. The molecule has 2 rings (SSSR count). The number of allylic oxidation sites excluding steroid dienone is 1. The second kappa shape index (κ2) is 6.51. The van der Waals surface area contributed by atoms with E-state index in [1.807, 2.05) is 6.92 Å². The van der Waals surface area contributed by atoms with Gasteiger partial charge in [-0.05, 0) is 18.6 Å². The van der Waals surface area contributed by atoms with Gasteiger partial charge in [-0.25, -0.2) is 0 Å². The van der Waals surface area contributed by atoms with Crippen molar-refractivity contribution >= 4 is 6.92 Å². The smallest absolute Gasteiger partial charge is 0.363 e. The number of hydrogen-bond donors (Lipinski definition) is 0. The van der Waals surface area contributed by atoms with E-state index in [2.05, 4.69) is 6.58 Å². The summed E-state index contributed by atoms with van der Waals surface area (Å²) in [7, 11) is 0. The Morgan fingerprint density at radius 3 is 1.65 bits per heavy atom. The van der Waals surface area contributed by atoms with Crippen LogP contribution in [0.2, 0.25) is 11.6 Å². The normalized spacial score (nSPS) is 23.4. The standard InChI is InChI=1S/C15H27BO/c1-13(2)17-16(14-9-5-3-6-10-14)15-11-7-4-8-12-15/h14-15H,1,3-12H2,2H3. The highest BCUT2D eigenvalue weighted by molar-refractivity contribution is 6.55. The van der Waals surface area contributed by atoms with Crippen molar-refractivity contribution in [1.82, 2.24) is 0 Å². The summed E-state index contributed by atoms with van der Waals surface area (Å²) in [5.74, 6) is 2.54. The molecule has 0 unspecified atom stereocenters. The maximum absolute atomic E-state index is 6.13.